The lowest BCUT2D eigenvalue weighted by molar-refractivity contribution is -0.131. The van der Waals surface area contributed by atoms with Crippen LogP contribution in [-0.2, 0) is 11.2 Å². The Morgan fingerprint density at radius 1 is 1.16 bits per heavy atom. The summed E-state index contributed by atoms with van der Waals surface area (Å²) < 4.78 is 14.6. The first-order valence-corrected chi connectivity index (χ1v) is 10.4. The van der Waals surface area contributed by atoms with Crippen molar-refractivity contribution in [1.29, 1.82) is 0 Å². The van der Waals surface area contributed by atoms with Crippen molar-refractivity contribution in [1.82, 2.24) is 19.7 Å². The predicted octanol–water partition coefficient (Wildman–Crippen LogP) is 3.19. The molecule has 2 aromatic heterocycles. The lowest BCUT2D eigenvalue weighted by Crippen LogP contribution is -2.40. The molecule has 1 saturated heterocycles. The molecule has 2 N–H and O–H groups in total. The molecule has 1 fully saturated rings. The molecule has 31 heavy (non-hydrogen) atoms. The van der Waals surface area contributed by atoms with Gasteiger partial charge in [0, 0.05) is 24.9 Å². The molecule has 0 spiro atoms. The van der Waals surface area contributed by atoms with Crippen molar-refractivity contribution in [2.45, 2.75) is 38.1 Å². The number of likely N-dealkylation sites (tertiary alicyclic amines) is 1. The van der Waals surface area contributed by atoms with Gasteiger partial charge in [0.2, 0.25) is 5.91 Å². The van der Waals surface area contributed by atoms with E-state index in [1.165, 1.54) is 23.0 Å². The highest BCUT2D eigenvalue weighted by Gasteiger charge is 2.35. The zero-order valence-electron chi connectivity index (χ0n) is 17.1. The maximum atomic E-state index is 13.2. The van der Waals surface area contributed by atoms with Crippen LogP contribution in [0.4, 0.5) is 10.2 Å². The Labute approximate surface area is 179 Å². The number of carbonyl (C=O) groups is 2. The minimum absolute atomic E-state index is 0.0312. The van der Waals surface area contributed by atoms with Crippen LogP contribution in [0.3, 0.4) is 0 Å². The largest absolute Gasteiger partial charge is 0.383 e. The first-order valence-electron chi connectivity index (χ1n) is 10.4. The second kappa shape index (κ2) is 9.07. The number of aromatic nitrogens is 3. The predicted molar refractivity (Wildman–Crippen MR) is 114 cm³/mol. The molecule has 1 aliphatic heterocycles. The smallest absolute Gasteiger partial charge is 0.223 e. The van der Waals surface area contributed by atoms with E-state index in [9.17, 15) is 14.0 Å². The zero-order chi connectivity index (χ0) is 21.8. The Morgan fingerprint density at radius 3 is 2.71 bits per heavy atom. The Kier molecular flexibility index (Phi) is 6.06. The maximum absolute atomic E-state index is 13.2. The molecular weight excluding hydrogens is 397 g/mol. The Balaban J connectivity index is 1.43. The van der Waals surface area contributed by atoms with Gasteiger partial charge in [0.15, 0.2) is 5.78 Å². The summed E-state index contributed by atoms with van der Waals surface area (Å²) in [5.41, 5.74) is 7.97. The summed E-state index contributed by atoms with van der Waals surface area (Å²) in [5.74, 6) is -0.419. The molecule has 0 unspecified atom stereocenters. The quantitative estimate of drug-likeness (QED) is 0.592. The van der Waals surface area contributed by atoms with E-state index in [2.05, 4.69) is 10.1 Å². The number of hydrogen-bond donors (Lipinski definition) is 1. The molecule has 1 amide bonds. The van der Waals surface area contributed by atoms with Crippen LogP contribution in [-0.4, -0.2) is 43.9 Å². The van der Waals surface area contributed by atoms with Gasteiger partial charge in [0.05, 0.1) is 23.5 Å². The fraction of sp³-hybridized carbons (Fsp3) is 0.304. The van der Waals surface area contributed by atoms with Crippen LogP contribution in [0, 0.1) is 5.82 Å². The average Bonchev–Trinajstić information content (AvgIpc) is 3.42. The minimum Gasteiger partial charge on any atom is -0.383 e. The number of halogens is 1. The van der Waals surface area contributed by atoms with Crippen molar-refractivity contribution < 1.29 is 14.0 Å². The van der Waals surface area contributed by atoms with Gasteiger partial charge in [0.1, 0.15) is 11.6 Å². The van der Waals surface area contributed by atoms with Gasteiger partial charge in [-0.15, -0.1) is 0 Å². The number of carbonyl (C=O) groups excluding carboxylic acids is 2. The number of anilines is 1. The van der Waals surface area contributed by atoms with E-state index in [0.717, 1.165) is 18.5 Å². The van der Waals surface area contributed by atoms with Gasteiger partial charge < -0.3 is 10.6 Å². The Hall–Kier alpha value is -3.55. The molecule has 1 atom stereocenters. The van der Waals surface area contributed by atoms with Gasteiger partial charge in [-0.3, -0.25) is 14.6 Å². The number of aryl methyl sites for hydroxylation is 1. The Morgan fingerprint density at radius 2 is 1.97 bits per heavy atom. The maximum Gasteiger partial charge on any atom is 0.223 e. The number of hydrogen-bond acceptors (Lipinski definition) is 5. The molecular formula is C23H24FN5O2. The normalized spacial score (nSPS) is 15.9. The topological polar surface area (TPSA) is 94.1 Å². The van der Waals surface area contributed by atoms with E-state index >= 15 is 0 Å². The minimum atomic E-state index is -0.532. The van der Waals surface area contributed by atoms with Crippen LogP contribution >= 0.6 is 0 Å². The molecule has 4 rings (SSSR count). The van der Waals surface area contributed by atoms with E-state index in [0.29, 0.717) is 31.5 Å². The van der Waals surface area contributed by atoms with Crippen molar-refractivity contribution in [3.8, 4) is 5.69 Å². The number of ketones is 1. The highest BCUT2D eigenvalue weighted by molar-refractivity contribution is 6.05. The number of nitrogens with two attached hydrogens (primary N) is 1. The van der Waals surface area contributed by atoms with Crippen molar-refractivity contribution in [2.24, 2.45) is 0 Å². The summed E-state index contributed by atoms with van der Waals surface area (Å²) in [5, 5.41) is 4.20. The third-order valence-electron chi connectivity index (χ3n) is 5.57. The van der Waals surface area contributed by atoms with Crippen molar-refractivity contribution in [3.63, 3.8) is 0 Å². The summed E-state index contributed by atoms with van der Waals surface area (Å²) in [6.45, 7) is 0.560. The SMILES string of the molecule is Nc1c(C(=O)[C@@H]2CCCN2C(=O)CCCc2ccccn2)cnn1-c1ccc(F)cc1. The molecule has 0 bridgehead atoms. The number of rotatable bonds is 7. The fourth-order valence-corrected chi connectivity index (χ4v) is 3.96. The van der Waals surface area contributed by atoms with Gasteiger partial charge in [-0.1, -0.05) is 6.07 Å². The molecule has 1 aliphatic rings. The molecule has 0 radical (unpaired) electrons. The van der Waals surface area contributed by atoms with Crippen molar-refractivity contribution >= 4 is 17.5 Å². The lowest BCUT2D eigenvalue weighted by atomic mass is 10.0. The first-order chi connectivity index (χ1) is 15.0. The highest BCUT2D eigenvalue weighted by atomic mass is 19.1. The zero-order valence-corrected chi connectivity index (χ0v) is 17.1. The summed E-state index contributed by atoms with van der Waals surface area (Å²) in [4.78, 5) is 31.9. The highest BCUT2D eigenvalue weighted by Crippen LogP contribution is 2.26. The van der Waals surface area contributed by atoms with Gasteiger partial charge >= 0.3 is 0 Å². The van der Waals surface area contributed by atoms with Crippen LogP contribution in [0.25, 0.3) is 5.69 Å². The van der Waals surface area contributed by atoms with E-state index in [1.54, 1.807) is 23.2 Å². The van der Waals surface area contributed by atoms with Crippen LogP contribution in [0.5, 0.6) is 0 Å². The number of nitrogens with zero attached hydrogens (tertiary/aromatic N) is 4. The van der Waals surface area contributed by atoms with E-state index in [1.807, 2.05) is 18.2 Å². The second-order valence-corrected chi connectivity index (χ2v) is 7.62. The molecule has 1 aromatic carbocycles. The summed E-state index contributed by atoms with van der Waals surface area (Å²) in [7, 11) is 0. The number of Topliss-reactive ketones (excluding diaryl/α,β-unsaturated/α-hetero) is 1. The Bertz CT molecular complexity index is 1070. The summed E-state index contributed by atoms with van der Waals surface area (Å²) in [6, 6.07) is 10.9. The number of pyridine rings is 1. The molecule has 3 aromatic rings. The van der Waals surface area contributed by atoms with Gasteiger partial charge in [0.25, 0.3) is 0 Å². The first kappa shape index (κ1) is 20.7. The molecule has 0 saturated carbocycles. The molecule has 160 valence electrons. The van der Waals surface area contributed by atoms with E-state index in [4.69, 9.17) is 5.73 Å². The van der Waals surface area contributed by atoms with Crippen LogP contribution in [0.2, 0.25) is 0 Å². The van der Waals surface area contributed by atoms with Crippen molar-refractivity contribution in [3.05, 3.63) is 71.9 Å². The third kappa shape index (κ3) is 4.47. The van der Waals surface area contributed by atoms with Crippen LogP contribution in [0.1, 0.15) is 41.7 Å². The van der Waals surface area contributed by atoms with Crippen LogP contribution in [0.15, 0.2) is 54.9 Å². The van der Waals surface area contributed by atoms with Gasteiger partial charge in [-0.2, -0.15) is 5.10 Å². The van der Waals surface area contributed by atoms with E-state index in [-0.39, 0.29) is 28.9 Å². The fourth-order valence-electron chi connectivity index (χ4n) is 3.96. The average molecular weight is 421 g/mol. The van der Waals surface area contributed by atoms with Crippen molar-refractivity contribution in [2.75, 3.05) is 12.3 Å². The van der Waals surface area contributed by atoms with E-state index < -0.39 is 6.04 Å². The molecule has 3 heterocycles. The monoisotopic (exact) mass is 421 g/mol. The van der Waals surface area contributed by atoms with Crippen LogP contribution < -0.4 is 5.73 Å². The summed E-state index contributed by atoms with van der Waals surface area (Å²) in [6.07, 6.45) is 6.30. The summed E-state index contributed by atoms with van der Waals surface area (Å²) >= 11 is 0. The lowest BCUT2D eigenvalue weighted by Gasteiger charge is -2.23. The standard InChI is InChI=1S/C23H24FN5O2/c24-16-9-11-18(12-10-16)29-23(25)19(15-27-29)22(31)20-7-4-14-28(20)21(30)8-3-6-17-5-1-2-13-26-17/h1-2,5,9-13,15,20H,3-4,6-8,14,25H2/t20-/m0/s1. The molecule has 0 aliphatic carbocycles. The number of benzene rings is 1. The van der Waals surface area contributed by atoms with Gasteiger partial charge in [-0.05, 0) is 62.1 Å². The number of amides is 1. The number of nitrogen functional groups attached to an aromatic ring is 1. The van der Waals surface area contributed by atoms with Gasteiger partial charge in [-0.25, -0.2) is 9.07 Å². The molecule has 8 heteroatoms. The second-order valence-electron chi connectivity index (χ2n) is 7.62. The molecule has 7 nitrogen and oxygen atoms in total. The third-order valence-corrected chi connectivity index (χ3v) is 5.57.